The van der Waals surface area contributed by atoms with Gasteiger partial charge >= 0.3 is 6.03 Å². The lowest BCUT2D eigenvalue weighted by Gasteiger charge is -2.46. The summed E-state index contributed by atoms with van der Waals surface area (Å²) in [4.78, 5) is 29.5. The molecule has 0 saturated heterocycles. The molecule has 2 aromatic carbocycles. The van der Waals surface area contributed by atoms with Crippen molar-refractivity contribution in [2.24, 2.45) is 16.2 Å². The molecular formula is C37H47ClN4O6S. The number of rotatable bonds is 3. The summed E-state index contributed by atoms with van der Waals surface area (Å²) >= 11 is 6.46. The normalized spacial score (nSPS) is 31.8. The van der Waals surface area contributed by atoms with E-state index >= 15 is 0 Å². The van der Waals surface area contributed by atoms with Crippen molar-refractivity contribution in [3.63, 3.8) is 0 Å². The Balaban J connectivity index is 1.35. The molecule has 2 heterocycles. The van der Waals surface area contributed by atoms with Crippen molar-refractivity contribution in [3.05, 3.63) is 64.7 Å². The smallest absolute Gasteiger partial charge is 0.327 e. The summed E-state index contributed by atoms with van der Waals surface area (Å²) in [7, 11) is -2.05. The van der Waals surface area contributed by atoms with Gasteiger partial charge in [-0.2, -0.15) is 0 Å². The van der Waals surface area contributed by atoms with Gasteiger partial charge in [0.15, 0.2) is 9.92 Å². The molecule has 2 saturated carbocycles. The lowest BCUT2D eigenvalue weighted by Crippen LogP contribution is -2.49. The summed E-state index contributed by atoms with van der Waals surface area (Å²) in [5.41, 5.74) is 1.59. The molecule has 1 unspecified atom stereocenters. The zero-order valence-electron chi connectivity index (χ0n) is 28.5. The molecule has 5 atom stereocenters. The Morgan fingerprint density at radius 1 is 1.12 bits per heavy atom. The Bertz CT molecular complexity index is 1770. The molecule has 2 aliphatic heterocycles. The quantitative estimate of drug-likeness (QED) is 0.357. The maximum atomic E-state index is 14.9. The van der Waals surface area contributed by atoms with Crippen LogP contribution in [0, 0.1) is 11.8 Å². The second-order valence-corrected chi connectivity index (χ2v) is 17.2. The van der Waals surface area contributed by atoms with E-state index in [4.69, 9.17) is 25.8 Å². The van der Waals surface area contributed by atoms with Crippen molar-refractivity contribution in [1.29, 1.82) is 0 Å². The summed E-state index contributed by atoms with van der Waals surface area (Å²) in [5, 5.41) is 3.62. The zero-order chi connectivity index (χ0) is 34.4. The number of benzene rings is 2. The van der Waals surface area contributed by atoms with E-state index in [1.165, 1.54) is 11.1 Å². The number of methoxy groups -OCH3 is 1. The average Bonchev–Trinajstić information content (AvgIpc) is 3.18. The number of amides is 3. The third kappa shape index (κ3) is 6.83. The molecule has 2 N–H and O–H groups in total. The molecule has 1 spiro atoms. The van der Waals surface area contributed by atoms with Gasteiger partial charge in [0.25, 0.3) is 5.91 Å². The van der Waals surface area contributed by atoms with E-state index in [9.17, 15) is 13.8 Å². The van der Waals surface area contributed by atoms with E-state index < -0.39 is 27.5 Å². The van der Waals surface area contributed by atoms with Crippen molar-refractivity contribution < 1.29 is 28.0 Å². The van der Waals surface area contributed by atoms with E-state index in [0.29, 0.717) is 30.7 Å². The van der Waals surface area contributed by atoms with Crippen molar-refractivity contribution >= 4 is 39.1 Å². The van der Waals surface area contributed by atoms with Gasteiger partial charge in [-0.15, -0.1) is 4.36 Å². The van der Waals surface area contributed by atoms with E-state index in [0.717, 1.165) is 68.6 Å². The molecule has 2 aromatic rings. The number of nitrogens with zero attached hydrogens (tertiary/aromatic N) is 2. The van der Waals surface area contributed by atoms with Crippen LogP contribution in [0.15, 0.2) is 57.8 Å². The zero-order valence-corrected chi connectivity index (χ0v) is 30.1. The fourth-order valence-electron chi connectivity index (χ4n) is 7.96. The lowest BCUT2D eigenvalue weighted by atomic mass is 9.68. The lowest BCUT2D eigenvalue weighted by molar-refractivity contribution is -0.137. The Kier molecular flexibility index (Phi) is 9.49. The summed E-state index contributed by atoms with van der Waals surface area (Å²) < 4.78 is 40.4. The molecule has 3 amide bonds. The number of halogens is 1. The van der Waals surface area contributed by atoms with E-state index in [1.54, 1.807) is 39.2 Å². The van der Waals surface area contributed by atoms with Crippen LogP contribution in [0.1, 0.15) is 69.9 Å². The molecule has 0 aromatic heterocycles. The summed E-state index contributed by atoms with van der Waals surface area (Å²) in [6.45, 7) is 5.24. The number of anilines is 1. The van der Waals surface area contributed by atoms with Crippen LogP contribution < -0.4 is 19.7 Å². The van der Waals surface area contributed by atoms with Gasteiger partial charge in [0.1, 0.15) is 11.4 Å². The number of aryl methyl sites for hydroxylation is 1. The minimum atomic E-state index is -3.79. The van der Waals surface area contributed by atoms with Gasteiger partial charge in [0, 0.05) is 36.7 Å². The molecule has 3 aliphatic carbocycles. The van der Waals surface area contributed by atoms with Crippen LogP contribution in [0.25, 0.3) is 0 Å². The van der Waals surface area contributed by atoms with Gasteiger partial charge in [-0.3, -0.25) is 4.79 Å². The second kappa shape index (κ2) is 13.5. The monoisotopic (exact) mass is 710 g/mol. The highest BCUT2D eigenvalue weighted by molar-refractivity contribution is 7.92. The summed E-state index contributed by atoms with van der Waals surface area (Å²) in [6.07, 6.45) is 11.6. The number of carbonyl (C=O) groups excluding carboxylic acids is 2. The minimum Gasteiger partial charge on any atom is -0.490 e. The van der Waals surface area contributed by atoms with Crippen LogP contribution in [0.4, 0.5) is 10.5 Å². The highest BCUT2D eigenvalue weighted by Gasteiger charge is 2.45. The van der Waals surface area contributed by atoms with Crippen LogP contribution in [0.5, 0.6) is 5.75 Å². The fraction of sp³-hybridized carbons (Fsp3) is 0.568. The average molecular weight is 711 g/mol. The van der Waals surface area contributed by atoms with Crippen LogP contribution in [-0.2, 0) is 36.0 Å². The predicted octanol–water partition coefficient (Wildman–Crippen LogP) is 6.34. The summed E-state index contributed by atoms with van der Waals surface area (Å²) in [6, 6.07) is 10.8. The number of hydrogen-bond donors (Lipinski definition) is 2. The van der Waals surface area contributed by atoms with Crippen LogP contribution in [0.2, 0.25) is 5.02 Å². The Hall–Kier alpha value is -3.12. The standard InChI is InChI=1S/C37H47ClN4O6S/c1-36(2)34(43)40-49(45,41-35(44)39-27-8-4-9-27)28-13-16-33-31(20-28)42(21-25-11-14-29(25)32(46-3)10-6-18-48-36)22-37(23-47-33)17-5-7-24-19-26(38)12-15-30(24)37/h6,10,12-13,15-16,19-20,25,27,29,32H,4-5,7-9,11,14,17-18,21-23H2,1-3H3,(H2,39,40,41,43,44,45)/b10-6+/t25-,29+,32-,37-,49?/m0/s1. The van der Waals surface area contributed by atoms with Gasteiger partial charge in [-0.1, -0.05) is 29.8 Å². The third-order valence-electron chi connectivity index (χ3n) is 11.2. The van der Waals surface area contributed by atoms with E-state index in [-0.39, 0.29) is 29.1 Å². The van der Waals surface area contributed by atoms with Gasteiger partial charge in [-0.25, -0.2) is 13.7 Å². The first-order chi connectivity index (χ1) is 23.5. The van der Waals surface area contributed by atoms with Gasteiger partial charge in [0.2, 0.25) is 0 Å². The number of fused-ring (bicyclic) bond motifs is 4. The Morgan fingerprint density at radius 3 is 2.69 bits per heavy atom. The van der Waals surface area contributed by atoms with Crippen molar-refractivity contribution in [1.82, 2.24) is 10.0 Å². The Labute approximate surface area is 294 Å². The number of urea groups is 1. The molecule has 0 radical (unpaired) electrons. The van der Waals surface area contributed by atoms with Gasteiger partial charge in [0.05, 0.1) is 29.9 Å². The highest BCUT2D eigenvalue weighted by Crippen LogP contribution is 2.47. The molecule has 7 rings (SSSR count). The SMILES string of the molecule is CO[C@H]1/C=C/COC(C)(C)C(=O)N=S(=O)(NC(=O)NC2CCC2)c2ccc3c(c2)N(C[C@@H]2CC[C@H]21)C[C@@]1(CCCc2cc(Cl)ccc21)CO3. The molecule has 49 heavy (non-hydrogen) atoms. The molecular weight excluding hydrogens is 664 g/mol. The number of carbonyl (C=O) groups is 2. The predicted molar refractivity (Wildman–Crippen MR) is 190 cm³/mol. The maximum Gasteiger partial charge on any atom is 0.327 e. The number of hydrogen-bond acceptors (Lipinski definition) is 7. The first-order valence-corrected chi connectivity index (χ1v) is 19.4. The number of nitrogens with one attached hydrogen (secondary N) is 2. The van der Waals surface area contributed by atoms with E-state index in [1.807, 2.05) is 18.2 Å². The molecule has 2 bridgehead atoms. The van der Waals surface area contributed by atoms with Gasteiger partial charge in [-0.05, 0) is 119 Å². The molecule has 264 valence electrons. The Morgan fingerprint density at radius 2 is 1.96 bits per heavy atom. The van der Waals surface area contributed by atoms with Crippen LogP contribution >= 0.6 is 11.6 Å². The largest absolute Gasteiger partial charge is 0.490 e. The third-order valence-corrected chi connectivity index (χ3v) is 13.2. The van der Waals surface area contributed by atoms with Crippen molar-refractivity contribution in [2.75, 3.05) is 38.3 Å². The highest BCUT2D eigenvalue weighted by atomic mass is 35.5. The second-order valence-electron chi connectivity index (χ2n) is 14.8. The van der Waals surface area contributed by atoms with Crippen molar-refractivity contribution in [2.45, 2.75) is 93.3 Å². The molecule has 12 heteroatoms. The van der Waals surface area contributed by atoms with Gasteiger partial charge < -0.3 is 24.4 Å². The molecule has 10 nitrogen and oxygen atoms in total. The topological polar surface area (TPSA) is 119 Å². The van der Waals surface area contributed by atoms with E-state index in [2.05, 4.69) is 31.4 Å². The first kappa shape index (κ1) is 34.3. The van der Waals surface area contributed by atoms with Crippen LogP contribution in [0.3, 0.4) is 0 Å². The first-order valence-electron chi connectivity index (χ1n) is 17.5. The number of ether oxygens (including phenoxy) is 3. The van der Waals surface area contributed by atoms with Crippen LogP contribution in [-0.4, -0.2) is 67.3 Å². The molecule has 5 aliphatic rings. The summed E-state index contributed by atoms with van der Waals surface area (Å²) in [5.74, 6) is 0.562. The fourth-order valence-corrected chi connectivity index (χ4v) is 9.71. The molecule has 2 fully saturated rings. The maximum absolute atomic E-state index is 14.9. The van der Waals surface area contributed by atoms with Crippen molar-refractivity contribution in [3.8, 4) is 5.75 Å². The minimum absolute atomic E-state index is 0.00295.